The highest BCUT2D eigenvalue weighted by Gasteiger charge is 1.98. The highest BCUT2D eigenvalue weighted by Crippen LogP contribution is 2.15. The lowest BCUT2D eigenvalue weighted by atomic mass is 10.3. The van der Waals surface area contributed by atoms with Crippen molar-refractivity contribution in [3.8, 4) is 5.75 Å². The fourth-order valence-corrected chi connectivity index (χ4v) is 1.25. The molecule has 0 aliphatic rings. The monoisotopic (exact) mass is 246 g/mol. The molecule has 0 aliphatic heterocycles. The number of amides is 1. The molecule has 0 spiro atoms. The number of nitrogens with two attached hydrogens (primary N) is 1. The van der Waals surface area contributed by atoms with Crippen molar-refractivity contribution in [2.75, 3.05) is 18.5 Å². The fourth-order valence-electron chi connectivity index (χ4n) is 1.25. The number of hydrogen-bond acceptors (Lipinski definition) is 3. The molecule has 0 radical (unpaired) electrons. The molecular formula is C14H18N2O2. The van der Waals surface area contributed by atoms with Crippen LogP contribution >= 0.6 is 0 Å². The topological polar surface area (TPSA) is 64.3 Å². The van der Waals surface area contributed by atoms with E-state index in [-0.39, 0.29) is 5.91 Å². The Balaban J connectivity index is 2.50. The second-order valence-electron chi connectivity index (χ2n) is 3.54. The van der Waals surface area contributed by atoms with Gasteiger partial charge in [-0.15, -0.1) is 0 Å². The lowest BCUT2D eigenvalue weighted by molar-refractivity contribution is -0.111. The maximum absolute atomic E-state index is 11.5. The zero-order valence-electron chi connectivity index (χ0n) is 10.4. The first-order valence-electron chi connectivity index (χ1n) is 5.79. The van der Waals surface area contributed by atoms with Gasteiger partial charge in [0.05, 0.1) is 0 Å². The van der Waals surface area contributed by atoms with Crippen LogP contribution in [0.1, 0.15) is 6.92 Å². The van der Waals surface area contributed by atoms with Crippen LogP contribution in [0, 0.1) is 0 Å². The van der Waals surface area contributed by atoms with E-state index in [9.17, 15) is 4.79 Å². The van der Waals surface area contributed by atoms with Crippen molar-refractivity contribution in [3.63, 3.8) is 0 Å². The Morgan fingerprint density at radius 1 is 1.33 bits per heavy atom. The summed E-state index contributed by atoms with van der Waals surface area (Å²) in [5, 5.41) is 2.74. The smallest absolute Gasteiger partial charge is 0.248 e. The molecule has 0 unspecified atom stereocenters. The Labute approximate surface area is 107 Å². The number of carbonyl (C=O) groups excluding carboxylic acids is 1. The van der Waals surface area contributed by atoms with Crippen molar-refractivity contribution in [1.29, 1.82) is 0 Å². The summed E-state index contributed by atoms with van der Waals surface area (Å²) < 4.78 is 5.33. The van der Waals surface area contributed by atoms with E-state index in [1.54, 1.807) is 36.4 Å². The van der Waals surface area contributed by atoms with Crippen LogP contribution in [0.15, 0.2) is 48.6 Å². The Kier molecular flexibility index (Phi) is 6.28. The standard InChI is InChI=1S/C14H18N2O2/c1-2-3-4-5-14(17)16-12-6-8-13(9-7-12)18-11-10-15/h2-9H,10-11,15H2,1H3,(H,16,17). The van der Waals surface area contributed by atoms with Gasteiger partial charge in [-0.3, -0.25) is 4.79 Å². The van der Waals surface area contributed by atoms with E-state index in [0.717, 1.165) is 11.4 Å². The van der Waals surface area contributed by atoms with E-state index in [1.165, 1.54) is 6.08 Å². The largest absolute Gasteiger partial charge is 0.492 e. The molecule has 18 heavy (non-hydrogen) atoms. The third kappa shape index (κ3) is 5.32. The van der Waals surface area contributed by atoms with Crippen molar-refractivity contribution in [2.45, 2.75) is 6.92 Å². The van der Waals surface area contributed by atoms with Crippen molar-refractivity contribution < 1.29 is 9.53 Å². The van der Waals surface area contributed by atoms with E-state index < -0.39 is 0 Å². The lowest BCUT2D eigenvalue weighted by Gasteiger charge is -2.06. The summed E-state index contributed by atoms with van der Waals surface area (Å²) in [5.41, 5.74) is 6.06. The number of nitrogens with one attached hydrogen (secondary N) is 1. The molecule has 0 fully saturated rings. The molecule has 0 saturated heterocycles. The first-order valence-corrected chi connectivity index (χ1v) is 5.79. The molecular weight excluding hydrogens is 228 g/mol. The number of anilines is 1. The predicted octanol–water partition coefficient (Wildman–Crippen LogP) is 2.09. The van der Waals surface area contributed by atoms with Crippen LogP contribution in [0.5, 0.6) is 5.75 Å². The lowest BCUT2D eigenvalue weighted by Crippen LogP contribution is -2.10. The molecule has 4 heteroatoms. The SMILES string of the molecule is CC=CC=CC(=O)Nc1ccc(OCCN)cc1. The Bertz CT molecular complexity index is 422. The Hall–Kier alpha value is -2.07. The maximum Gasteiger partial charge on any atom is 0.248 e. The van der Waals surface area contributed by atoms with Crippen molar-refractivity contribution in [3.05, 3.63) is 48.6 Å². The van der Waals surface area contributed by atoms with Gasteiger partial charge >= 0.3 is 0 Å². The van der Waals surface area contributed by atoms with Crippen LogP contribution in [-0.2, 0) is 4.79 Å². The molecule has 1 rings (SSSR count). The maximum atomic E-state index is 11.5. The van der Waals surface area contributed by atoms with Gasteiger partial charge in [-0.1, -0.05) is 18.2 Å². The number of rotatable bonds is 6. The van der Waals surface area contributed by atoms with Crippen LogP contribution in [0.2, 0.25) is 0 Å². The summed E-state index contributed by atoms with van der Waals surface area (Å²) in [6, 6.07) is 7.16. The molecule has 1 aromatic rings. The molecule has 3 N–H and O–H groups in total. The molecule has 0 saturated carbocycles. The van der Waals surface area contributed by atoms with Crippen molar-refractivity contribution in [1.82, 2.24) is 0 Å². The van der Waals surface area contributed by atoms with Crippen LogP contribution < -0.4 is 15.8 Å². The van der Waals surface area contributed by atoms with Crippen molar-refractivity contribution >= 4 is 11.6 Å². The summed E-state index contributed by atoms with van der Waals surface area (Å²) in [6.45, 7) is 2.86. The third-order valence-corrected chi connectivity index (χ3v) is 2.06. The minimum atomic E-state index is -0.163. The summed E-state index contributed by atoms with van der Waals surface area (Å²) in [7, 11) is 0. The van der Waals surface area contributed by atoms with Gasteiger partial charge in [0.15, 0.2) is 0 Å². The van der Waals surface area contributed by atoms with Crippen LogP contribution in [0.4, 0.5) is 5.69 Å². The van der Waals surface area contributed by atoms with E-state index in [0.29, 0.717) is 13.2 Å². The summed E-state index contributed by atoms with van der Waals surface area (Å²) >= 11 is 0. The quantitative estimate of drug-likeness (QED) is 0.596. The number of allylic oxidation sites excluding steroid dienone is 3. The number of carbonyl (C=O) groups is 1. The second kappa shape index (κ2) is 8.08. The second-order valence-corrected chi connectivity index (χ2v) is 3.54. The van der Waals surface area contributed by atoms with Gasteiger partial charge in [-0.05, 0) is 31.2 Å². The average Bonchev–Trinajstić information content (AvgIpc) is 2.38. The highest BCUT2D eigenvalue weighted by atomic mass is 16.5. The van der Waals surface area contributed by atoms with E-state index in [1.807, 2.05) is 13.0 Å². The Morgan fingerprint density at radius 3 is 2.67 bits per heavy atom. The third-order valence-electron chi connectivity index (χ3n) is 2.06. The minimum Gasteiger partial charge on any atom is -0.492 e. The van der Waals surface area contributed by atoms with Crippen LogP contribution in [-0.4, -0.2) is 19.1 Å². The van der Waals surface area contributed by atoms with Gasteiger partial charge in [0, 0.05) is 18.3 Å². The predicted molar refractivity (Wildman–Crippen MR) is 73.6 cm³/mol. The minimum absolute atomic E-state index is 0.163. The van der Waals surface area contributed by atoms with Gasteiger partial charge in [0.1, 0.15) is 12.4 Å². The molecule has 96 valence electrons. The summed E-state index contributed by atoms with van der Waals surface area (Å²) in [4.78, 5) is 11.5. The first kappa shape index (κ1) is 14.0. The highest BCUT2D eigenvalue weighted by molar-refractivity contribution is 5.99. The number of hydrogen-bond donors (Lipinski definition) is 2. The Morgan fingerprint density at radius 2 is 2.06 bits per heavy atom. The summed E-state index contributed by atoms with van der Waals surface area (Å²) in [5.74, 6) is 0.576. The molecule has 0 aromatic heterocycles. The molecule has 0 bridgehead atoms. The van der Waals surface area contributed by atoms with Gasteiger partial charge in [-0.25, -0.2) is 0 Å². The molecule has 0 aliphatic carbocycles. The van der Waals surface area contributed by atoms with E-state index in [2.05, 4.69) is 5.32 Å². The number of ether oxygens (including phenoxy) is 1. The van der Waals surface area contributed by atoms with Gasteiger partial charge in [0.25, 0.3) is 0 Å². The van der Waals surface area contributed by atoms with E-state index in [4.69, 9.17) is 10.5 Å². The molecule has 0 atom stereocenters. The fraction of sp³-hybridized carbons (Fsp3) is 0.214. The molecule has 1 aromatic carbocycles. The van der Waals surface area contributed by atoms with Crippen molar-refractivity contribution in [2.24, 2.45) is 5.73 Å². The molecule has 4 nitrogen and oxygen atoms in total. The number of benzene rings is 1. The first-order chi connectivity index (χ1) is 8.76. The van der Waals surface area contributed by atoms with Gasteiger partial charge in [-0.2, -0.15) is 0 Å². The zero-order chi connectivity index (χ0) is 13.2. The molecule has 0 heterocycles. The van der Waals surface area contributed by atoms with Gasteiger partial charge < -0.3 is 15.8 Å². The molecule has 1 amide bonds. The summed E-state index contributed by atoms with van der Waals surface area (Å²) in [6.07, 6.45) is 6.81. The average molecular weight is 246 g/mol. The van der Waals surface area contributed by atoms with Gasteiger partial charge in [0.2, 0.25) is 5.91 Å². The van der Waals surface area contributed by atoms with Crippen LogP contribution in [0.25, 0.3) is 0 Å². The van der Waals surface area contributed by atoms with E-state index >= 15 is 0 Å². The van der Waals surface area contributed by atoms with Crippen LogP contribution in [0.3, 0.4) is 0 Å². The normalized spacial score (nSPS) is 11.0. The zero-order valence-corrected chi connectivity index (χ0v) is 10.4.